The van der Waals surface area contributed by atoms with Crippen molar-refractivity contribution in [1.29, 1.82) is 0 Å². The lowest BCUT2D eigenvalue weighted by molar-refractivity contribution is 1.00. The molecular weight excluding hydrogens is 248 g/mol. The number of nitrogens with one attached hydrogen (secondary N) is 1. The highest BCUT2D eigenvalue weighted by Crippen LogP contribution is 2.12. The maximum Gasteiger partial charge on any atom is 0.274 e. The van der Waals surface area contributed by atoms with Gasteiger partial charge in [0.2, 0.25) is 0 Å². The molecule has 0 saturated heterocycles. The molecule has 1 heterocycles. The zero-order valence-corrected chi connectivity index (χ0v) is 10.9. The van der Waals surface area contributed by atoms with E-state index >= 15 is 0 Å². The maximum absolute atomic E-state index is 12.1. The summed E-state index contributed by atoms with van der Waals surface area (Å²) < 4.78 is 0. The molecule has 2 aromatic carbocycles. The van der Waals surface area contributed by atoms with Crippen molar-refractivity contribution < 1.29 is 0 Å². The van der Waals surface area contributed by atoms with Crippen molar-refractivity contribution in [2.75, 3.05) is 0 Å². The largest absolute Gasteiger partial charge is 0.322 e. The van der Waals surface area contributed by atoms with Gasteiger partial charge in [0, 0.05) is 23.9 Å². The summed E-state index contributed by atoms with van der Waals surface area (Å²) in [5.74, 6) is 0. The minimum Gasteiger partial charge on any atom is -0.322 e. The van der Waals surface area contributed by atoms with Crippen molar-refractivity contribution in [2.45, 2.75) is 6.42 Å². The second kappa shape index (κ2) is 5.53. The van der Waals surface area contributed by atoms with Gasteiger partial charge in [-0.2, -0.15) is 0 Å². The van der Waals surface area contributed by atoms with Gasteiger partial charge >= 0.3 is 0 Å². The number of H-pyrrole nitrogens is 1. The van der Waals surface area contributed by atoms with Crippen LogP contribution in [0.25, 0.3) is 11.3 Å². The Kier molecular flexibility index (Phi) is 3.42. The third kappa shape index (κ3) is 2.67. The van der Waals surface area contributed by atoms with Crippen LogP contribution in [0.1, 0.15) is 11.3 Å². The Labute approximate surface area is 117 Å². The quantitative estimate of drug-likeness (QED) is 0.788. The molecule has 3 aromatic rings. The molecule has 0 fully saturated rings. The minimum absolute atomic E-state index is 0.148. The normalized spacial score (nSPS) is 10.4. The minimum atomic E-state index is -0.148. The van der Waals surface area contributed by atoms with Gasteiger partial charge in [0.15, 0.2) is 0 Å². The van der Waals surface area contributed by atoms with Crippen LogP contribution in [0.5, 0.6) is 0 Å². The molecule has 0 radical (unpaired) electrons. The predicted octanol–water partition coefficient (Wildman–Crippen LogP) is 3.03. The molecule has 1 aromatic heterocycles. The van der Waals surface area contributed by atoms with Gasteiger partial charge in [-0.3, -0.25) is 4.79 Å². The second-order valence-corrected chi connectivity index (χ2v) is 4.61. The van der Waals surface area contributed by atoms with Gasteiger partial charge in [0.1, 0.15) is 5.69 Å². The lowest BCUT2D eigenvalue weighted by Crippen LogP contribution is -2.13. The molecule has 0 aliphatic heterocycles. The molecule has 0 unspecified atom stereocenters. The maximum atomic E-state index is 12.1. The first kappa shape index (κ1) is 12.4. The molecule has 3 heteroatoms. The van der Waals surface area contributed by atoms with Gasteiger partial charge in [0.05, 0.1) is 0 Å². The molecule has 0 bridgehead atoms. The van der Waals surface area contributed by atoms with E-state index in [-0.39, 0.29) is 5.56 Å². The molecule has 3 rings (SSSR count). The zero-order valence-electron chi connectivity index (χ0n) is 10.9. The Morgan fingerprint density at radius 3 is 2.20 bits per heavy atom. The van der Waals surface area contributed by atoms with Crippen LogP contribution in [0.3, 0.4) is 0 Å². The summed E-state index contributed by atoms with van der Waals surface area (Å²) in [6, 6.07) is 19.5. The van der Waals surface area contributed by atoms with E-state index in [0.29, 0.717) is 12.1 Å². The van der Waals surface area contributed by atoms with Gasteiger partial charge in [-0.05, 0) is 5.56 Å². The van der Waals surface area contributed by atoms with Crippen molar-refractivity contribution >= 4 is 0 Å². The van der Waals surface area contributed by atoms with Crippen LogP contribution in [0.2, 0.25) is 0 Å². The van der Waals surface area contributed by atoms with Gasteiger partial charge in [-0.1, -0.05) is 60.7 Å². The zero-order chi connectivity index (χ0) is 13.8. The fraction of sp³-hybridized carbons (Fsp3) is 0.0588. The molecular formula is C17H14N2O. The van der Waals surface area contributed by atoms with Gasteiger partial charge < -0.3 is 4.98 Å². The highest BCUT2D eigenvalue weighted by Gasteiger charge is 2.05. The third-order valence-corrected chi connectivity index (χ3v) is 3.12. The van der Waals surface area contributed by atoms with E-state index in [2.05, 4.69) is 9.97 Å². The van der Waals surface area contributed by atoms with E-state index in [1.165, 1.54) is 0 Å². The fourth-order valence-corrected chi connectivity index (χ4v) is 2.15. The standard InChI is InChI=1S/C17H14N2O/c20-17-16(14-9-5-2-6-10-14)18-12-15(19-17)11-13-7-3-1-4-8-13/h1-10,12H,11H2,(H,19,20). The fourth-order valence-electron chi connectivity index (χ4n) is 2.15. The monoisotopic (exact) mass is 262 g/mol. The van der Waals surface area contributed by atoms with Gasteiger partial charge in [-0.15, -0.1) is 0 Å². The van der Waals surface area contributed by atoms with E-state index < -0.39 is 0 Å². The Morgan fingerprint density at radius 1 is 0.900 bits per heavy atom. The van der Waals surface area contributed by atoms with Crippen LogP contribution in [-0.2, 0) is 6.42 Å². The smallest absolute Gasteiger partial charge is 0.274 e. The molecule has 0 atom stereocenters. The number of nitrogens with zero attached hydrogens (tertiary/aromatic N) is 1. The molecule has 98 valence electrons. The third-order valence-electron chi connectivity index (χ3n) is 3.12. The molecule has 0 aliphatic rings. The Balaban J connectivity index is 1.91. The number of hydrogen-bond acceptors (Lipinski definition) is 2. The van der Waals surface area contributed by atoms with Crippen molar-refractivity contribution in [2.24, 2.45) is 0 Å². The van der Waals surface area contributed by atoms with Crippen molar-refractivity contribution in [3.8, 4) is 11.3 Å². The SMILES string of the molecule is O=c1[nH]c(Cc2ccccc2)cnc1-c1ccccc1. The second-order valence-electron chi connectivity index (χ2n) is 4.61. The number of aromatic nitrogens is 2. The lowest BCUT2D eigenvalue weighted by atomic mass is 10.1. The first-order valence-corrected chi connectivity index (χ1v) is 6.50. The topological polar surface area (TPSA) is 45.8 Å². The number of hydrogen-bond donors (Lipinski definition) is 1. The van der Waals surface area contributed by atoms with Crippen molar-refractivity contribution in [3.05, 3.63) is 88.5 Å². The Bertz CT molecular complexity index is 749. The van der Waals surface area contributed by atoms with Crippen molar-refractivity contribution in [1.82, 2.24) is 9.97 Å². The molecule has 0 spiro atoms. The lowest BCUT2D eigenvalue weighted by Gasteiger charge is -2.04. The number of rotatable bonds is 3. The molecule has 0 saturated carbocycles. The molecule has 1 N–H and O–H groups in total. The number of benzene rings is 2. The summed E-state index contributed by atoms with van der Waals surface area (Å²) in [4.78, 5) is 19.3. The highest BCUT2D eigenvalue weighted by molar-refractivity contribution is 5.57. The first-order chi connectivity index (χ1) is 9.83. The van der Waals surface area contributed by atoms with Crippen LogP contribution in [0, 0.1) is 0 Å². The van der Waals surface area contributed by atoms with Crippen LogP contribution >= 0.6 is 0 Å². The summed E-state index contributed by atoms with van der Waals surface area (Å²) in [5, 5.41) is 0. The average molecular weight is 262 g/mol. The van der Waals surface area contributed by atoms with Gasteiger partial charge in [-0.25, -0.2) is 4.98 Å². The molecule has 0 aliphatic carbocycles. The summed E-state index contributed by atoms with van der Waals surface area (Å²) in [7, 11) is 0. The van der Waals surface area contributed by atoms with E-state index in [9.17, 15) is 4.79 Å². The number of aromatic amines is 1. The predicted molar refractivity (Wildman–Crippen MR) is 79.5 cm³/mol. The van der Waals surface area contributed by atoms with E-state index in [4.69, 9.17) is 0 Å². The van der Waals surface area contributed by atoms with E-state index in [1.54, 1.807) is 6.20 Å². The van der Waals surface area contributed by atoms with Gasteiger partial charge in [0.25, 0.3) is 5.56 Å². The summed E-state index contributed by atoms with van der Waals surface area (Å²) in [6.45, 7) is 0. The summed E-state index contributed by atoms with van der Waals surface area (Å²) in [6.07, 6.45) is 2.41. The Morgan fingerprint density at radius 2 is 1.55 bits per heavy atom. The summed E-state index contributed by atoms with van der Waals surface area (Å²) in [5.41, 5.74) is 3.12. The Hall–Kier alpha value is -2.68. The van der Waals surface area contributed by atoms with Crippen molar-refractivity contribution in [3.63, 3.8) is 0 Å². The molecule has 0 amide bonds. The summed E-state index contributed by atoms with van der Waals surface area (Å²) >= 11 is 0. The first-order valence-electron chi connectivity index (χ1n) is 6.50. The van der Waals surface area contributed by atoms with Crippen LogP contribution in [0.15, 0.2) is 71.7 Å². The molecule has 20 heavy (non-hydrogen) atoms. The van der Waals surface area contributed by atoms with Crippen LogP contribution in [0.4, 0.5) is 0 Å². The average Bonchev–Trinajstić information content (AvgIpc) is 2.49. The van der Waals surface area contributed by atoms with E-state index in [0.717, 1.165) is 16.8 Å². The van der Waals surface area contributed by atoms with Crippen LogP contribution in [-0.4, -0.2) is 9.97 Å². The highest BCUT2D eigenvalue weighted by atomic mass is 16.1. The van der Waals surface area contributed by atoms with E-state index in [1.807, 2.05) is 60.7 Å². The molecule has 3 nitrogen and oxygen atoms in total. The van der Waals surface area contributed by atoms with Crippen LogP contribution < -0.4 is 5.56 Å².